The average Bonchev–Trinajstić information content (AvgIpc) is 2.02. The summed E-state index contributed by atoms with van der Waals surface area (Å²) in [6, 6.07) is 0.448. The Kier molecular flexibility index (Phi) is 2.12. The zero-order valence-electron chi connectivity index (χ0n) is 9.49. The highest BCUT2D eigenvalue weighted by Crippen LogP contribution is 2.39. The quantitative estimate of drug-likeness (QED) is 0.633. The Balaban J connectivity index is 1.50. The Morgan fingerprint density at radius 3 is 2.13 bits per heavy atom. The molecule has 3 saturated heterocycles. The van der Waals surface area contributed by atoms with Gasteiger partial charge in [0.2, 0.25) is 0 Å². The average molecular weight is 213 g/mol. The minimum absolute atomic E-state index is 0.390. The zero-order chi connectivity index (χ0) is 10.5. The van der Waals surface area contributed by atoms with E-state index < -0.39 is 5.79 Å². The molecule has 3 heterocycles. The fraction of sp³-hybridized carbons (Fsp3) is 1.00. The fourth-order valence-corrected chi connectivity index (χ4v) is 2.54. The number of ether oxygens (including phenoxy) is 3. The number of rotatable bonds is 1. The van der Waals surface area contributed by atoms with E-state index in [-0.39, 0.29) is 0 Å². The topological polar surface area (TPSA) is 30.9 Å². The van der Waals surface area contributed by atoms with Crippen LogP contribution < -0.4 is 0 Å². The van der Waals surface area contributed by atoms with Crippen LogP contribution in [0.4, 0.5) is 0 Å². The molecule has 86 valence electrons. The third kappa shape index (κ3) is 1.69. The molecule has 3 fully saturated rings. The highest BCUT2D eigenvalue weighted by molar-refractivity contribution is 5.01. The molecule has 3 aliphatic rings. The summed E-state index contributed by atoms with van der Waals surface area (Å²) in [5, 5.41) is 0. The molecule has 1 spiro atoms. The van der Waals surface area contributed by atoms with Crippen molar-refractivity contribution in [3.05, 3.63) is 0 Å². The summed E-state index contributed by atoms with van der Waals surface area (Å²) in [6.45, 7) is 9.75. The van der Waals surface area contributed by atoms with Gasteiger partial charge in [0, 0.05) is 18.5 Å². The molecule has 0 aromatic carbocycles. The number of hydrogen-bond donors (Lipinski definition) is 0. The summed E-state index contributed by atoms with van der Waals surface area (Å²) in [5.41, 5.74) is 0.493. The van der Waals surface area contributed by atoms with Crippen molar-refractivity contribution in [1.82, 2.24) is 4.90 Å². The van der Waals surface area contributed by atoms with Crippen LogP contribution in [0.2, 0.25) is 0 Å². The minimum atomic E-state index is -0.390. The Morgan fingerprint density at radius 1 is 1.07 bits per heavy atom. The van der Waals surface area contributed by atoms with Crippen molar-refractivity contribution in [3.8, 4) is 0 Å². The lowest BCUT2D eigenvalue weighted by atomic mass is 9.77. The molecule has 0 amide bonds. The number of nitrogens with zero attached hydrogens (tertiary/aromatic N) is 1. The van der Waals surface area contributed by atoms with E-state index in [0.29, 0.717) is 11.5 Å². The van der Waals surface area contributed by atoms with E-state index in [2.05, 4.69) is 4.90 Å². The largest absolute Gasteiger partial charge is 0.380 e. The van der Waals surface area contributed by atoms with E-state index >= 15 is 0 Å². The van der Waals surface area contributed by atoms with Gasteiger partial charge < -0.3 is 14.2 Å². The van der Waals surface area contributed by atoms with Crippen molar-refractivity contribution in [2.45, 2.75) is 25.7 Å². The molecule has 0 aromatic rings. The zero-order valence-corrected chi connectivity index (χ0v) is 9.49. The summed E-state index contributed by atoms with van der Waals surface area (Å²) < 4.78 is 16.6. The third-order valence-corrected chi connectivity index (χ3v) is 3.66. The summed E-state index contributed by atoms with van der Waals surface area (Å²) in [6.07, 6.45) is 0. The minimum Gasteiger partial charge on any atom is -0.380 e. The van der Waals surface area contributed by atoms with Gasteiger partial charge in [0.25, 0.3) is 0 Å². The summed E-state index contributed by atoms with van der Waals surface area (Å²) in [7, 11) is 0. The van der Waals surface area contributed by atoms with Gasteiger partial charge in [-0.2, -0.15) is 0 Å². The summed E-state index contributed by atoms with van der Waals surface area (Å²) in [4.78, 5) is 2.46. The van der Waals surface area contributed by atoms with Crippen molar-refractivity contribution < 1.29 is 14.2 Å². The van der Waals surface area contributed by atoms with Crippen LogP contribution in [-0.4, -0.2) is 56.2 Å². The van der Waals surface area contributed by atoms with E-state index in [1.165, 1.54) is 0 Å². The second-order valence-corrected chi connectivity index (χ2v) is 5.57. The Bertz CT molecular complexity index is 245. The van der Waals surface area contributed by atoms with Gasteiger partial charge in [-0.05, 0) is 13.8 Å². The van der Waals surface area contributed by atoms with Gasteiger partial charge in [0.05, 0.1) is 32.5 Å². The first-order chi connectivity index (χ1) is 7.09. The molecule has 15 heavy (non-hydrogen) atoms. The standard InChI is InChI=1S/C11H19NO3/c1-10(2)14-3-9(4-15-10)12-5-11(6-12)7-13-8-11/h9H,3-8H2,1-2H3. The van der Waals surface area contributed by atoms with E-state index in [1.807, 2.05) is 13.8 Å². The van der Waals surface area contributed by atoms with Gasteiger partial charge in [0.15, 0.2) is 5.79 Å². The number of likely N-dealkylation sites (tertiary alicyclic amines) is 1. The Hall–Kier alpha value is -0.160. The van der Waals surface area contributed by atoms with Crippen LogP contribution in [-0.2, 0) is 14.2 Å². The van der Waals surface area contributed by atoms with Crippen molar-refractivity contribution >= 4 is 0 Å². The van der Waals surface area contributed by atoms with Crippen LogP contribution >= 0.6 is 0 Å². The molecule has 0 atom stereocenters. The number of hydrogen-bond acceptors (Lipinski definition) is 4. The van der Waals surface area contributed by atoms with Gasteiger partial charge in [-0.15, -0.1) is 0 Å². The lowest BCUT2D eigenvalue weighted by Gasteiger charge is -2.58. The molecule has 0 radical (unpaired) electrons. The van der Waals surface area contributed by atoms with Crippen molar-refractivity contribution in [2.24, 2.45) is 5.41 Å². The predicted octanol–water partition coefficient (Wildman–Crippen LogP) is 0.470. The molecule has 4 heteroatoms. The van der Waals surface area contributed by atoms with Crippen molar-refractivity contribution in [3.63, 3.8) is 0 Å². The second-order valence-electron chi connectivity index (χ2n) is 5.57. The van der Waals surface area contributed by atoms with Crippen LogP contribution in [0.25, 0.3) is 0 Å². The maximum Gasteiger partial charge on any atom is 0.162 e. The molecular formula is C11H19NO3. The van der Waals surface area contributed by atoms with E-state index in [1.54, 1.807) is 0 Å². The second kappa shape index (κ2) is 3.17. The molecule has 0 saturated carbocycles. The maximum absolute atomic E-state index is 5.66. The van der Waals surface area contributed by atoms with Crippen LogP contribution in [0, 0.1) is 5.41 Å². The SMILES string of the molecule is CC1(C)OCC(N2CC3(COC3)C2)CO1. The molecule has 0 aliphatic carbocycles. The van der Waals surface area contributed by atoms with Crippen LogP contribution in [0.3, 0.4) is 0 Å². The summed E-state index contributed by atoms with van der Waals surface area (Å²) in [5.74, 6) is -0.390. The normalized spacial score (nSPS) is 34.8. The van der Waals surface area contributed by atoms with E-state index in [0.717, 1.165) is 39.5 Å². The Morgan fingerprint density at radius 2 is 1.67 bits per heavy atom. The molecule has 0 unspecified atom stereocenters. The van der Waals surface area contributed by atoms with E-state index in [4.69, 9.17) is 14.2 Å². The van der Waals surface area contributed by atoms with Crippen molar-refractivity contribution in [1.29, 1.82) is 0 Å². The first kappa shape index (κ1) is 10.0. The highest BCUT2D eigenvalue weighted by atomic mass is 16.7. The molecule has 4 nitrogen and oxygen atoms in total. The fourth-order valence-electron chi connectivity index (χ4n) is 2.54. The lowest BCUT2D eigenvalue weighted by molar-refractivity contribution is -0.284. The van der Waals surface area contributed by atoms with E-state index in [9.17, 15) is 0 Å². The van der Waals surface area contributed by atoms with Crippen LogP contribution in [0.15, 0.2) is 0 Å². The molecular weight excluding hydrogens is 194 g/mol. The molecule has 0 bridgehead atoms. The molecule has 3 aliphatic heterocycles. The molecule has 0 N–H and O–H groups in total. The van der Waals surface area contributed by atoms with Gasteiger partial charge in [0.1, 0.15) is 0 Å². The van der Waals surface area contributed by atoms with Crippen LogP contribution in [0.5, 0.6) is 0 Å². The van der Waals surface area contributed by atoms with Crippen LogP contribution in [0.1, 0.15) is 13.8 Å². The molecule has 0 aromatic heterocycles. The lowest BCUT2D eigenvalue weighted by Crippen LogP contribution is -2.70. The highest BCUT2D eigenvalue weighted by Gasteiger charge is 2.51. The van der Waals surface area contributed by atoms with Crippen molar-refractivity contribution in [2.75, 3.05) is 39.5 Å². The van der Waals surface area contributed by atoms with Gasteiger partial charge in [-0.25, -0.2) is 0 Å². The smallest absolute Gasteiger partial charge is 0.162 e. The van der Waals surface area contributed by atoms with Gasteiger partial charge in [-0.1, -0.05) is 0 Å². The first-order valence-electron chi connectivity index (χ1n) is 5.68. The molecule has 3 rings (SSSR count). The summed E-state index contributed by atoms with van der Waals surface area (Å²) >= 11 is 0. The predicted molar refractivity (Wildman–Crippen MR) is 54.6 cm³/mol. The Labute approximate surface area is 90.5 Å². The first-order valence-corrected chi connectivity index (χ1v) is 5.68. The van der Waals surface area contributed by atoms with Gasteiger partial charge >= 0.3 is 0 Å². The third-order valence-electron chi connectivity index (χ3n) is 3.66. The maximum atomic E-state index is 5.66. The monoisotopic (exact) mass is 213 g/mol. The van der Waals surface area contributed by atoms with Gasteiger partial charge in [-0.3, -0.25) is 4.90 Å².